The highest BCUT2D eigenvalue weighted by molar-refractivity contribution is 6.22. The van der Waals surface area contributed by atoms with Gasteiger partial charge in [-0.25, -0.2) is 8.78 Å². The largest absolute Gasteiger partial charge is 0.269 e. The van der Waals surface area contributed by atoms with E-state index in [0.717, 1.165) is 0 Å². The maximum absolute atomic E-state index is 13.1. The number of nitrogens with zero attached hydrogens (tertiary/aromatic N) is 2. The molecule has 1 aliphatic heterocycles. The van der Waals surface area contributed by atoms with Gasteiger partial charge in [0.2, 0.25) is 0 Å². The first kappa shape index (κ1) is 12.2. The van der Waals surface area contributed by atoms with Crippen molar-refractivity contribution in [3.05, 3.63) is 34.9 Å². The number of carbonyl (C=O) groups excluding carboxylic acids is 2. The Labute approximate surface area is 101 Å². The van der Waals surface area contributed by atoms with Crippen molar-refractivity contribution >= 4 is 11.8 Å². The van der Waals surface area contributed by atoms with Gasteiger partial charge < -0.3 is 0 Å². The third-order valence-electron chi connectivity index (χ3n) is 2.76. The van der Waals surface area contributed by atoms with Gasteiger partial charge in [-0.1, -0.05) is 0 Å². The number of amides is 2. The molecule has 0 fully saturated rings. The van der Waals surface area contributed by atoms with Crippen molar-refractivity contribution in [1.82, 2.24) is 4.90 Å². The fourth-order valence-electron chi connectivity index (χ4n) is 1.79. The summed E-state index contributed by atoms with van der Waals surface area (Å²) in [7, 11) is 0. The first-order valence-corrected chi connectivity index (χ1v) is 5.09. The van der Waals surface area contributed by atoms with Crippen LogP contribution in [-0.4, -0.2) is 22.3 Å². The predicted molar refractivity (Wildman–Crippen MR) is 56.6 cm³/mol. The normalized spacial score (nSPS) is 14.7. The minimum absolute atomic E-state index is 0.220. The van der Waals surface area contributed by atoms with Gasteiger partial charge in [0.25, 0.3) is 11.8 Å². The average molecular weight is 250 g/mol. The SMILES string of the molecule is CC(C)(C#N)N1C(=O)c2cc(F)c(F)cc2C1=O. The Morgan fingerprint density at radius 1 is 1.11 bits per heavy atom. The highest BCUT2D eigenvalue weighted by Gasteiger charge is 2.45. The van der Waals surface area contributed by atoms with Crippen molar-refractivity contribution in [3.8, 4) is 6.07 Å². The van der Waals surface area contributed by atoms with Crippen molar-refractivity contribution in [2.45, 2.75) is 19.4 Å². The van der Waals surface area contributed by atoms with Crippen LogP contribution in [0.2, 0.25) is 0 Å². The molecule has 0 radical (unpaired) electrons. The van der Waals surface area contributed by atoms with Gasteiger partial charge in [-0.3, -0.25) is 14.5 Å². The zero-order valence-electron chi connectivity index (χ0n) is 9.62. The van der Waals surface area contributed by atoms with Crippen molar-refractivity contribution in [2.24, 2.45) is 0 Å². The van der Waals surface area contributed by atoms with Crippen molar-refractivity contribution in [3.63, 3.8) is 0 Å². The van der Waals surface area contributed by atoms with Crippen LogP contribution < -0.4 is 0 Å². The number of fused-ring (bicyclic) bond motifs is 1. The fraction of sp³-hybridized carbons (Fsp3) is 0.250. The molecule has 4 nitrogen and oxygen atoms in total. The van der Waals surface area contributed by atoms with Gasteiger partial charge in [-0.15, -0.1) is 0 Å². The van der Waals surface area contributed by atoms with Crippen LogP contribution in [0.15, 0.2) is 12.1 Å². The summed E-state index contributed by atoms with van der Waals surface area (Å²) in [6, 6.07) is 3.16. The molecule has 1 aromatic carbocycles. The Kier molecular flexibility index (Phi) is 2.44. The quantitative estimate of drug-likeness (QED) is 0.715. The third kappa shape index (κ3) is 1.48. The standard InChI is InChI=1S/C12H8F2N2O2/c1-12(2,5-15)16-10(17)6-3-8(13)9(14)4-7(6)11(16)18/h3-4H,1-2H3. The van der Waals surface area contributed by atoms with E-state index in [1.54, 1.807) is 6.07 Å². The molecule has 6 heteroatoms. The average Bonchev–Trinajstić information content (AvgIpc) is 2.53. The van der Waals surface area contributed by atoms with Crippen LogP contribution in [0.4, 0.5) is 8.78 Å². The number of hydrogen-bond acceptors (Lipinski definition) is 3. The molecule has 1 heterocycles. The van der Waals surface area contributed by atoms with Crippen molar-refractivity contribution in [2.75, 3.05) is 0 Å². The van der Waals surface area contributed by atoms with E-state index in [1.165, 1.54) is 13.8 Å². The number of halogens is 2. The van der Waals surface area contributed by atoms with E-state index in [-0.39, 0.29) is 11.1 Å². The van der Waals surface area contributed by atoms with Gasteiger partial charge in [0, 0.05) is 0 Å². The van der Waals surface area contributed by atoms with Crippen LogP contribution in [-0.2, 0) is 0 Å². The van der Waals surface area contributed by atoms with E-state index in [2.05, 4.69) is 0 Å². The molecule has 2 rings (SSSR count). The molecule has 18 heavy (non-hydrogen) atoms. The zero-order chi connectivity index (χ0) is 13.7. The molecule has 92 valence electrons. The summed E-state index contributed by atoms with van der Waals surface area (Å²) in [4.78, 5) is 24.6. The zero-order valence-corrected chi connectivity index (χ0v) is 9.62. The first-order chi connectivity index (χ1) is 8.29. The minimum atomic E-state index is -1.37. The number of benzene rings is 1. The van der Waals surface area contributed by atoms with Crippen LogP contribution in [0.25, 0.3) is 0 Å². The molecule has 0 aromatic heterocycles. The second kappa shape index (κ2) is 3.60. The fourth-order valence-corrected chi connectivity index (χ4v) is 1.79. The summed E-state index contributed by atoms with van der Waals surface area (Å²) in [6.07, 6.45) is 0. The summed E-state index contributed by atoms with van der Waals surface area (Å²) < 4.78 is 26.1. The van der Waals surface area contributed by atoms with Crippen LogP contribution >= 0.6 is 0 Å². The van der Waals surface area contributed by atoms with E-state index >= 15 is 0 Å². The lowest BCUT2D eigenvalue weighted by Gasteiger charge is -2.26. The molecule has 2 amide bonds. The maximum atomic E-state index is 13.1. The van der Waals surface area contributed by atoms with Crippen LogP contribution in [0.5, 0.6) is 0 Å². The maximum Gasteiger partial charge on any atom is 0.263 e. The lowest BCUT2D eigenvalue weighted by atomic mass is 10.1. The third-order valence-corrected chi connectivity index (χ3v) is 2.76. The molecule has 0 spiro atoms. The molecular weight excluding hydrogens is 242 g/mol. The Hall–Kier alpha value is -2.29. The lowest BCUT2D eigenvalue weighted by Crippen LogP contribution is -2.46. The predicted octanol–water partition coefficient (Wildman–Crippen LogP) is 1.86. The molecule has 0 N–H and O–H groups in total. The van der Waals surface area contributed by atoms with E-state index in [9.17, 15) is 18.4 Å². The van der Waals surface area contributed by atoms with Gasteiger partial charge in [0.15, 0.2) is 11.6 Å². The van der Waals surface area contributed by atoms with Crippen LogP contribution in [0.1, 0.15) is 34.6 Å². The Balaban J connectivity index is 2.62. The first-order valence-electron chi connectivity index (χ1n) is 5.09. The molecule has 1 aliphatic rings. The molecule has 0 aliphatic carbocycles. The van der Waals surface area contributed by atoms with Gasteiger partial charge in [0.05, 0.1) is 17.2 Å². The molecule has 0 bridgehead atoms. The highest BCUT2D eigenvalue weighted by atomic mass is 19.2. The molecule has 0 unspecified atom stereocenters. The summed E-state index contributed by atoms with van der Waals surface area (Å²) in [5.41, 5.74) is -1.82. The number of carbonyl (C=O) groups is 2. The number of rotatable bonds is 1. The minimum Gasteiger partial charge on any atom is -0.269 e. The number of imide groups is 1. The molecular formula is C12H8F2N2O2. The van der Waals surface area contributed by atoms with Crippen LogP contribution in [0.3, 0.4) is 0 Å². The highest BCUT2D eigenvalue weighted by Crippen LogP contribution is 2.30. The Bertz CT molecular complexity index is 576. The van der Waals surface area contributed by atoms with Gasteiger partial charge in [0.1, 0.15) is 5.54 Å². The summed E-state index contributed by atoms with van der Waals surface area (Å²) in [5.74, 6) is -3.99. The molecule has 1 aromatic rings. The van der Waals surface area contributed by atoms with Crippen LogP contribution in [0, 0.1) is 23.0 Å². The smallest absolute Gasteiger partial charge is 0.263 e. The molecule has 0 saturated carbocycles. The Morgan fingerprint density at radius 2 is 1.50 bits per heavy atom. The second-order valence-electron chi connectivity index (χ2n) is 4.43. The van der Waals surface area contributed by atoms with Gasteiger partial charge in [-0.2, -0.15) is 5.26 Å². The lowest BCUT2D eigenvalue weighted by molar-refractivity contribution is 0.0549. The summed E-state index contributed by atoms with van der Waals surface area (Å²) >= 11 is 0. The monoisotopic (exact) mass is 250 g/mol. The van der Waals surface area contributed by atoms with Crippen molar-refractivity contribution < 1.29 is 18.4 Å². The van der Waals surface area contributed by atoms with Gasteiger partial charge >= 0.3 is 0 Å². The van der Waals surface area contributed by atoms with E-state index in [1.807, 2.05) is 0 Å². The van der Waals surface area contributed by atoms with E-state index in [4.69, 9.17) is 5.26 Å². The molecule has 0 atom stereocenters. The summed E-state index contributed by atoms with van der Waals surface area (Å²) in [5, 5.41) is 8.93. The molecule has 0 saturated heterocycles. The number of hydrogen-bond donors (Lipinski definition) is 0. The van der Waals surface area contributed by atoms with Gasteiger partial charge in [-0.05, 0) is 26.0 Å². The van der Waals surface area contributed by atoms with Crippen molar-refractivity contribution in [1.29, 1.82) is 5.26 Å². The number of nitriles is 1. The second-order valence-corrected chi connectivity index (χ2v) is 4.43. The topological polar surface area (TPSA) is 61.2 Å². The Morgan fingerprint density at radius 3 is 1.83 bits per heavy atom. The summed E-state index contributed by atoms with van der Waals surface area (Å²) in [6.45, 7) is 2.75. The van der Waals surface area contributed by atoms with E-state index < -0.39 is 29.0 Å². The van der Waals surface area contributed by atoms with E-state index in [0.29, 0.717) is 17.0 Å².